The minimum atomic E-state index is -0.0848. The van der Waals surface area contributed by atoms with Gasteiger partial charge in [0, 0.05) is 12.7 Å². The summed E-state index contributed by atoms with van der Waals surface area (Å²) in [6.45, 7) is 0.737. The van der Waals surface area contributed by atoms with Gasteiger partial charge in [0.2, 0.25) is 0 Å². The minimum Gasteiger partial charge on any atom is -0.394 e. The zero-order valence-corrected chi connectivity index (χ0v) is 9.00. The average molecular weight is 229 g/mol. The van der Waals surface area contributed by atoms with Crippen LogP contribution >= 0.6 is 11.6 Å². The normalized spacial score (nSPS) is 20.9. The molecule has 2 rings (SSSR count). The van der Waals surface area contributed by atoms with E-state index in [1.807, 2.05) is 0 Å². The summed E-state index contributed by atoms with van der Waals surface area (Å²) in [4.78, 5) is 16.5. The van der Waals surface area contributed by atoms with Gasteiger partial charge in [0.05, 0.1) is 17.7 Å². The van der Waals surface area contributed by atoms with Gasteiger partial charge in [-0.3, -0.25) is 4.79 Å². The van der Waals surface area contributed by atoms with Crippen LogP contribution in [0.3, 0.4) is 0 Å². The first-order chi connectivity index (χ1) is 7.22. The maximum atomic E-state index is 12.0. The predicted octanol–water partition coefficient (Wildman–Crippen LogP) is 1.26. The standard InChI is InChI=1S/C10H13ClN2O2/c11-7-4-9(12-5-7)10(15)13-3-1-2-8(13)6-14/h4-5,8,12,14H,1-3,6H2/t8-/m0/s1. The molecule has 1 fully saturated rings. The van der Waals surface area contributed by atoms with E-state index in [4.69, 9.17) is 16.7 Å². The van der Waals surface area contributed by atoms with Gasteiger partial charge in [0.1, 0.15) is 5.69 Å². The lowest BCUT2D eigenvalue weighted by Crippen LogP contribution is -2.37. The molecule has 82 valence electrons. The number of rotatable bonds is 2. The van der Waals surface area contributed by atoms with Gasteiger partial charge in [-0.25, -0.2) is 0 Å². The number of nitrogens with one attached hydrogen (secondary N) is 1. The first-order valence-electron chi connectivity index (χ1n) is 4.98. The lowest BCUT2D eigenvalue weighted by Gasteiger charge is -2.22. The summed E-state index contributed by atoms with van der Waals surface area (Å²) in [5.41, 5.74) is 0.486. The molecule has 1 aromatic heterocycles. The highest BCUT2D eigenvalue weighted by Crippen LogP contribution is 2.20. The van der Waals surface area contributed by atoms with Crippen LogP contribution in [-0.2, 0) is 0 Å². The van der Waals surface area contributed by atoms with Gasteiger partial charge in [0.15, 0.2) is 0 Å². The van der Waals surface area contributed by atoms with Crippen LogP contribution in [0.4, 0.5) is 0 Å². The highest BCUT2D eigenvalue weighted by molar-refractivity contribution is 6.30. The second-order valence-corrected chi connectivity index (χ2v) is 4.15. The number of aliphatic hydroxyl groups excluding tert-OH is 1. The van der Waals surface area contributed by atoms with Crippen LogP contribution in [0.2, 0.25) is 5.02 Å². The molecule has 1 aliphatic heterocycles. The van der Waals surface area contributed by atoms with E-state index in [1.165, 1.54) is 0 Å². The zero-order chi connectivity index (χ0) is 10.8. The van der Waals surface area contributed by atoms with Gasteiger partial charge in [-0.15, -0.1) is 0 Å². The molecule has 5 heteroatoms. The Kier molecular flexibility index (Phi) is 2.98. The molecule has 0 unspecified atom stereocenters. The monoisotopic (exact) mass is 228 g/mol. The molecule has 2 N–H and O–H groups in total. The Bertz CT molecular complexity index is 364. The van der Waals surface area contributed by atoms with Crippen molar-refractivity contribution in [1.82, 2.24) is 9.88 Å². The van der Waals surface area contributed by atoms with E-state index in [-0.39, 0.29) is 18.6 Å². The van der Waals surface area contributed by atoms with E-state index in [0.717, 1.165) is 12.8 Å². The summed E-state index contributed by atoms with van der Waals surface area (Å²) < 4.78 is 0. The van der Waals surface area contributed by atoms with E-state index >= 15 is 0 Å². The number of amides is 1. The predicted molar refractivity (Wildman–Crippen MR) is 56.9 cm³/mol. The molecule has 1 amide bonds. The molecule has 1 saturated heterocycles. The fourth-order valence-corrected chi connectivity index (χ4v) is 2.10. The number of aliphatic hydroxyl groups is 1. The SMILES string of the molecule is O=C(c1cc(Cl)c[nH]1)N1CCC[C@H]1CO. The van der Waals surface area contributed by atoms with Crippen LogP contribution in [-0.4, -0.2) is 40.1 Å². The van der Waals surface area contributed by atoms with Gasteiger partial charge in [-0.2, -0.15) is 0 Å². The van der Waals surface area contributed by atoms with Crippen molar-refractivity contribution in [3.8, 4) is 0 Å². The molecule has 4 nitrogen and oxygen atoms in total. The Morgan fingerprint density at radius 1 is 1.73 bits per heavy atom. The molecule has 0 aliphatic carbocycles. The van der Waals surface area contributed by atoms with Crippen LogP contribution in [0.25, 0.3) is 0 Å². The number of nitrogens with zero attached hydrogens (tertiary/aromatic N) is 1. The van der Waals surface area contributed by atoms with E-state index in [0.29, 0.717) is 17.3 Å². The summed E-state index contributed by atoms with van der Waals surface area (Å²) >= 11 is 5.73. The number of aromatic nitrogens is 1. The zero-order valence-electron chi connectivity index (χ0n) is 8.24. The summed E-state index contributed by atoms with van der Waals surface area (Å²) in [6.07, 6.45) is 3.40. The number of H-pyrrole nitrogens is 1. The summed E-state index contributed by atoms with van der Waals surface area (Å²) in [6, 6.07) is 1.57. The third-order valence-corrected chi connectivity index (χ3v) is 2.95. The number of carbonyl (C=O) groups is 1. The van der Waals surface area contributed by atoms with Crippen LogP contribution in [0.15, 0.2) is 12.3 Å². The second-order valence-electron chi connectivity index (χ2n) is 3.71. The molecule has 0 spiro atoms. The van der Waals surface area contributed by atoms with E-state index in [2.05, 4.69) is 4.98 Å². The number of hydrogen-bond acceptors (Lipinski definition) is 2. The minimum absolute atomic E-state index is 0.0280. The van der Waals surface area contributed by atoms with Gasteiger partial charge in [0.25, 0.3) is 5.91 Å². The maximum absolute atomic E-state index is 12.0. The third kappa shape index (κ3) is 2.01. The van der Waals surface area contributed by atoms with Crippen molar-refractivity contribution in [3.63, 3.8) is 0 Å². The van der Waals surface area contributed by atoms with Gasteiger partial charge in [-0.05, 0) is 18.9 Å². The summed E-state index contributed by atoms with van der Waals surface area (Å²) in [5.74, 6) is -0.0848. The van der Waals surface area contributed by atoms with Gasteiger partial charge < -0.3 is 15.0 Å². The Morgan fingerprint density at radius 3 is 3.13 bits per heavy atom. The quantitative estimate of drug-likeness (QED) is 0.801. The lowest BCUT2D eigenvalue weighted by atomic mass is 10.2. The highest BCUT2D eigenvalue weighted by Gasteiger charge is 2.29. The Hall–Kier alpha value is -1.00. The summed E-state index contributed by atoms with van der Waals surface area (Å²) in [5, 5.41) is 9.63. The number of halogens is 1. The molecular formula is C10H13ClN2O2. The maximum Gasteiger partial charge on any atom is 0.270 e. The first kappa shape index (κ1) is 10.5. The summed E-state index contributed by atoms with van der Waals surface area (Å²) in [7, 11) is 0. The first-order valence-corrected chi connectivity index (χ1v) is 5.36. The van der Waals surface area contributed by atoms with Crippen LogP contribution in [0, 0.1) is 0 Å². The molecule has 0 radical (unpaired) electrons. The van der Waals surface area contributed by atoms with Crippen molar-refractivity contribution in [2.75, 3.05) is 13.2 Å². The number of carbonyl (C=O) groups excluding carboxylic acids is 1. The molecule has 0 bridgehead atoms. The number of hydrogen-bond donors (Lipinski definition) is 2. The van der Waals surface area contributed by atoms with Crippen LogP contribution in [0.1, 0.15) is 23.3 Å². The highest BCUT2D eigenvalue weighted by atomic mass is 35.5. The smallest absolute Gasteiger partial charge is 0.270 e. The Labute approximate surface area is 92.8 Å². The average Bonchev–Trinajstić information content (AvgIpc) is 2.84. The molecule has 1 aliphatic rings. The molecular weight excluding hydrogens is 216 g/mol. The Balaban J connectivity index is 2.13. The van der Waals surface area contributed by atoms with E-state index in [9.17, 15) is 4.79 Å². The van der Waals surface area contributed by atoms with E-state index < -0.39 is 0 Å². The van der Waals surface area contributed by atoms with Crippen molar-refractivity contribution in [3.05, 3.63) is 23.0 Å². The topological polar surface area (TPSA) is 56.3 Å². The molecule has 0 saturated carbocycles. The fraction of sp³-hybridized carbons (Fsp3) is 0.500. The van der Waals surface area contributed by atoms with Crippen molar-refractivity contribution < 1.29 is 9.90 Å². The van der Waals surface area contributed by atoms with Crippen LogP contribution in [0.5, 0.6) is 0 Å². The second kappa shape index (κ2) is 4.24. The Morgan fingerprint density at radius 2 is 2.53 bits per heavy atom. The molecule has 1 atom stereocenters. The third-order valence-electron chi connectivity index (χ3n) is 2.73. The van der Waals surface area contributed by atoms with Crippen molar-refractivity contribution in [1.29, 1.82) is 0 Å². The van der Waals surface area contributed by atoms with Gasteiger partial charge >= 0.3 is 0 Å². The number of likely N-dealkylation sites (tertiary alicyclic amines) is 1. The van der Waals surface area contributed by atoms with Crippen molar-refractivity contribution >= 4 is 17.5 Å². The van der Waals surface area contributed by atoms with Crippen molar-refractivity contribution in [2.45, 2.75) is 18.9 Å². The van der Waals surface area contributed by atoms with Crippen molar-refractivity contribution in [2.24, 2.45) is 0 Å². The fourth-order valence-electron chi connectivity index (χ4n) is 1.94. The lowest BCUT2D eigenvalue weighted by molar-refractivity contribution is 0.0672. The molecule has 0 aromatic carbocycles. The van der Waals surface area contributed by atoms with Gasteiger partial charge in [-0.1, -0.05) is 11.6 Å². The molecule has 15 heavy (non-hydrogen) atoms. The largest absolute Gasteiger partial charge is 0.394 e. The van der Waals surface area contributed by atoms with Crippen LogP contribution < -0.4 is 0 Å². The number of aromatic amines is 1. The molecule has 2 heterocycles. The molecule has 1 aromatic rings. The van der Waals surface area contributed by atoms with E-state index in [1.54, 1.807) is 17.2 Å².